The van der Waals surface area contributed by atoms with Gasteiger partial charge in [-0.25, -0.2) is 0 Å². The van der Waals surface area contributed by atoms with Gasteiger partial charge < -0.3 is 9.88 Å². The number of rotatable bonds is 1. The standard InChI is InChI=1S/C14H15ClN2O/c1-9-13(14(18)17-6-2-3-7-17)11-8-10(15)4-5-12(11)16-9/h4-5,8,16H,2-3,6-7H2,1H3. The second kappa shape index (κ2) is 4.32. The number of carbonyl (C=O) groups is 1. The molecule has 1 fully saturated rings. The van der Waals surface area contributed by atoms with Crippen LogP contribution in [0.4, 0.5) is 0 Å². The fraction of sp³-hybridized carbons (Fsp3) is 0.357. The Hall–Kier alpha value is -1.48. The fourth-order valence-electron chi connectivity index (χ4n) is 2.65. The number of nitrogens with one attached hydrogen (secondary N) is 1. The summed E-state index contributed by atoms with van der Waals surface area (Å²) in [5, 5.41) is 1.59. The molecule has 18 heavy (non-hydrogen) atoms. The topological polar surface area (TPSA) is 36.1 Å². The molecule has 1 aromatic heterocycles. The molecule has 0 bridgehead atoms. The van der Waals surface area contributed by atoms with Crippen molar-refractivity contribution in [2.75, 3.05) is 13.1 Å². The molecule has 3 nitrogen and oxygen atoms in total. The van der Waals surface area contributed by atoms with E-state index in [4.69, 9.17) is 11.6 Å². The molecule has 1 aliphatic rings. The molecule has 0 spiro atoms. The second-order valence-electron chi connectivity index (χ2n) is 4.81. The number of aromatic amines is 1. The molecule has 1 N–H and O–H groups in total. The summed E-state index contributed by atoms with van der Waals surface area (Å²) in [6, 6.07) is 5.62. The van der Waals surface area contributed by atoms with E-state index in [1.54, 1.807) is 0 Å². The van der Waals surface area contributed by atoms with Gasteiger partial charge in [0.05, 0.1) is 5.56 Å². The maximum atomic E-state index is 12.5. The number of benzene rings is 1. The lowest BCUT2D eigenvalue weighted by molar-refractivity contribution is 0.0794. The lowest BCUT2D eigenvalue weighted by atomic mass is 10.1. The van der Waals surface area contributed by atoms with Crippen molar-refractivity contribution in [1.82, 2.24) is 9.88 Å². The Kier molecular flexibility index (Phi) is 2.78. The molecular formula is C14H15ClN2O. The van der Waals surface area contributed by atoms with Crippen molar-refractivity contribution < 1.29 is 4.79 Å². The van der Waals surface area contributed by atoms with Crippen LogP contribution >= 0.6 is 11.6 Å². The van der Waals surface area contributed by atoms with Gasteiger partial charge in [0.1, 0.15) is 0 Å². The van der Waals surface area contributed by atoms with Crippen molar-refractivity contribution in [3.63, 3.8) is 0 Å². The Labute approximate surface area is 111 Å². The van der Waals surface area contributed by atoms with Gasteiger partial charge in [-0.1, -0.05) is 11.6 Å². The smallest absolute Gasteiger partial charge is 0.256 e. The van der Waals surface area contributed by atoms with Gasteiger partial charge >= 0.3 is 0 Å². The van der Waals surface area contributed by atoms with Crippen LogP contribution in [0.5, 0.6) is 0 Å². The number of amides is 1. The molecule has 1 aliphatic heterocycles. The van der Waals surface area contributed by atoms with E-state index in [0.717, 1.165) is 48.1 Å². The molecule has 1 saturated heterocycles. The Morgan fingerprint density at radius 1 is 1.33 bits per heavy atom. The minimum absolute atomic E-state index is 0.124. The molecule has 0 atom stereocenters. The van der Waals surface area contributed by atoms with Crippen LogP contribution in [0.15, 0.2) is 18.2 Å². The maximum absolute atomic E-state index is 12.5. The van der Waals surface area contributed by atoms with Gasteiger partial charge in [0.15, 0.2) is 0 Å². The summed E-state index contributed by atoms with van der Waals surface area (Å²) >= 11 is 6.03. The van der Waals surface area contributed by atoms with E-state index in [1.807, 2.05) is 30.0 Å². The Morgan fingerprint density at radius 3 is 2.78 bits per heavy atom. The van der Waals surface area contributed by atoms with Gasteiger partial charge in [0.2, 0.25) is 0 Å². The highest BCUT2D eigenvalue weighted by molar-refractivity contribution is 6.31. The highest BCUT2D eigenvalue weighted by Crippen LogP contribution is 2.27. The first-order valence-corrected chi connectivity index (χ1v) is 6.62. The molecule has 2 aromatic rings. The minimum Gasteiger partial charge on any atom is -0.358 e. The van der Waals surface area contributed by atoms with E-state index < -0.39 is 0 Å². The van der Waals surface area contributed by atoms with Crippen LogP contribution in [0, 0.1) is 6.92 Å². The summed E-state index contributed by atoms with van der Waals surface area (Å²) in [5.41, 5.74) is 2.66. The van der Waals surface area contributed by atoms with E-state index in [1.165, 1.54) is 0 Å². The zero-order valence-corrected chi connectivity index (χ0v) is 11.0. The zero-order valence-electron chi connectivity index (χ0n) is 10.3. The summed E-state index contributed by atoms with van der Waals surface area (Å²) in [6.45, 7) is 3.67. The number of aryl methyl sites for hydroxylation is 1. The maximum Gasteiger partial charge on any atom is 0.256 e. The van der Waals surface area contributed by atoms with Crippen molar-refractivity contribution in [2.45, 2.75) is 19.8 Å². The molecule has 0 unspecified atom stereocenters. The lowest BCUT2D eigenvalue weighted by Crippen LogP contribution is -2.27. The average molecular weight is 263 g/mol. The van der Waals surface area contributed by atoms with Crippen molar-refractivity contribution in [3.05, 3.63) is 34.5 Å². The Bertz CT molecular complexity index is 612. The third-order valence-electron chi connectivity index (χ3n) is 3.56. The fourth-order valence-corrected chi connectivity index (χ4v) is 2.82. The number of aromatic nitrogens is 1. The number of halogens is 1. The SMILES string of the molecule is Cc1[nH]c2ccc(Cl)cc2c1C(=O)N1CCCC1. The number of H-pyrrole nitrogens is 1. The van der Waals surface area contributed by atoms with Crippen molar-refractivity contribution in [2.24, 2.45) is 0 Å². The third-order valence-corrected chi connectivity index (χ3v) is 3.79. The van der Waals surface area contributed by atoms with Crippen molar-refractivity contribution in [1.29, 1.82) is 0 Å². The van der Waals surface area contributed by atoms with Gasteiger partial charge in [-0.3, -0.25) is 4.79 Å². The van der Waals surface area contributed by atoms with E-state index >= 15 is 0 Å². The first-order chi connectivity index (χ1) is 8.66. The summed E-state index contributed by atoms with van der Waals surface area (Å²) in [4.78, 5) is 17.7. The van der Waals surface area contributed by atoms with Crippen LogP contribution in [-0.2, 0) is 0 Å². The number of hydrogen-bond acceptors (Lipinski definition) is 1. The van der Waals surface area contributed by atoms with Gasteiger partial charge in [-0.15, -0.1) is 0 Å². The summed E-state index contributed by atoms with van der Waals surface area (Å²) in [5.74, 6) is 0.124. The van der Waals surface area contributed by atoms with Gasteiger partial charge in [0, 0.05) is 34.7 Å². The van der Waals surface area contributed by atoms with Crippen LogP contribution < -0.4 is 0 Å². The quantitative estimate of drug-likeness (QED) is 0.840. The van der Waals surface area contributed by atoms with Crippen molar-refractivity contribution >= 4 is 28.4 Å². The molecule has 0 aliphatic carbocycles. The van der Waals surface area contributed by atoms with E-state index in [0.29, 0.717) is 5.02 Å². The predicted octanol–water partition coefficient (Wildman–Crippen LogP) is 3.37. The van der Waals surface area contributed by atoms with Crippen molar-refractivity contribution in [3.8, 4) is 0 Å². The molecule has 0 saturated carbocycles. The summed E-state index contributed by atoms with van der Waals surface area (Å²) in [7, 11) is 0. The zero-order chi connectivity index (χ0) is 12.7. The highest BCUT2D eigenvalue weighted by Gasteiger charge is 2.24. The largest absolute Gasteiger partial charge is 0.358 e. The molecule has 2 heterocycles. The molecule has 94 valence electrons. The monoisotopic (exact) mass is 262 g/mol. The number of nitrogens with zero attached hydrogens (tertiary/aromatic N) is 1. The molecule has 1 aromatic carbocycles. The number of carbonyl (C=O) groups excluding carboxylic acids is 1. The minimum atomic E-state index is 0.124. The number of fused-ring (bicyclic) bond motifs is 1. The molecular weight excluding hydrogens is 248 g/mol. The summed E-state index contributed by atoms with van der Waals surface area (Å²) < 4.78 is 0. The Morgan fingerprint density at radius 2 is 2.06 bits per heavy atom. The molecule has 4 heteroatoms. The van der Waals surface area contributed by atoms with Gasteiger partial charge in [0.25, 0.3) is 5.91 Å². The van der Waals surface area contributed by atoms with Crippen LogP contribution in [0.25, 0.3) is 10.9 Å². The first kappa shape index (κ1) is 11.6. The van der Waals surface area contributed by atoms with E-state index in [2.05, 4.69) is 4.98 Å². The highest BCUT2D eigenvalue weighted by atomic mass is 35.5. The second-order valence-corrected chi connectivity index (χ2v) is 5.25. The number of likely N-dealkylation sites (tertiary alicyclic amines) is 1. The van der Waals surface area contributed by atoms with Gasteiger partial charge in [-0.2, -0.15) is 0 Å². The van der Waals surface area contributed by atoms with Crippen LogP contribution in [0.3, 0.4) is 0 Å². The Balaban J connectivity index is 2.12. The van der Waals surface area contributed by atoms with Crippen LogP contribution in [0.1, 0.15) is 28.9 Å². The van der Waals surface area contributed by atoms with Crippen LogP contribution in [0.2, 0.25) is 5.02 Å². The van der Waals surface area contributed by atoms with E-state index in [9.17, 15) is 4.79 Å². The molecule has 3 rings (SSSR count). The molecule has 0 radical (unpaired) electrons. The normalized spacial score (nSPS) is 15.6. The third kappa shape index (κ3) is 1.79. The van der Waals surface area contributed by atoms with E-state index in [-0.39, 0.29) is 5.91 Å². The van der Waals surface area contributed by atoms with Crippen LogP contribution in [-0.4, -0.2) is 28.9 Å². The van der Waals surface area contributed by atoms with Gasteiger partial charge in [-0.05, 0) is 38.0 Å². The number of hydrogen-bond donors (Lipinski definition) is 1. The first-order valence-electron chi connectivity index (χ1n) is 6.24. The predicted molar refractivity (Wildman–Crippen MR) is 73.2 cm³/mol. The molecule has 1 amide bonds. The lowest BCUT2D eigenvalue weighted by Gasteiger charge is -2.15. The average Bonchev–Trinajstić information content (AvgIpc) is 2.94. The summed E-state index contributed by atoms with van der Waals surface area (Å²) in [6.07, 6.45) is 2.21.